The van der Waals surface area contributed by atoms with E-state index in [2.05, 4.69) is 20.5 Å². The van der Waals surface area contributed by atoms with Crippen LogP contribution in [-0.2, 0) is 13.1 Å². The number of amides is 1. The minimum absolute atomic E-state index is 0.144. The summed E-state index contributed by atoms with van der Waals surface area (Å²) >= 11 is 0. The summed E-state index contributed by atoms with van der Waals surface area (Å²) in [5.41, 5.74) is 1.49. The Labute approximate surface area is 177 Å². The van der Waals surface area contributed by atoms with Crippen LogP contribution in [0.3, 0.4) is 0 Å². The maximum atomic E-state index is 12.6. The van der Waals surface area contributed by atoms with E-state index in [-0.39, 0.29) is 24.4 Å². The summed E-state index contributed by atoms with van der Waals surface area (Å²) in [4.78, 5) is 28.5. The summed E-state index contributed by atoms with van der Waals surface area (Å²) in [7, 11) is 0. The number of hydrogen-bond donors (Lipinski definition) is 1. The highest BCUT2D eigenvalue weighted by molar-refractivity contribution is 6.02. The van der Waals surface area contributed by atoms with Crippen LogP contribution in [0.5, 0.6) is 5.75 Å². The van der Waals surface area contributed by atoms with Crippen molar-refractivity contribution in [1.82, 2.24) is 24.5 Å². The summed E-state index contributed by atoms with van der Waals surface area (Å²) in [6, 6.07) is 19.4. The van der Waals surface area contributed by atoms with Gasteiger partial charge in [-0.15, -0.1) is 0 Å². The van der Waals surface area contributed by atoms with E-state index in [1.165, 1.54) is 23.1 Å². The zero-order valence-electron chi connectivity index (χ0n) is 16.6. The molecule has 9 nitrogen and oxygen atoms in total. The smallest absolute Gasteiger partial charge is 0.276 e. The Morgan fingerprint density at radius 1 is 1.00 bits per heavy atom. The first-order valence-electron chi connectivity index (χ1n) is 9.66. The van der Waals surface area contributed by atoms with Crippen molar-refractivity contribution in [1.29, 1.82) is 0 Å². The van der Waals surface area contributed by atoms with Crippen molar-refractivity contribution in [3.8, 4) is 5.75 Å². The molecule has 156 valence electrons. The summed E-state index contributed by atoms with van der Waals surface area (Å²) in [6.07, 6.45) is 3.12. The van der Waals surface area contributed by atoms with E-state index in [1.807, 2.05) is 42.5 Å². The Kier molecular flexibility index (Phi) is 6.13. The molecule has 0 aliphatic heterocycles. The molecule has 2 heterocycles. The number of aromatic nitrogens is 5. The lowest BCUT2D eigenvalue weighted by Crippen LogP contribution is -2.28. The van der Waals surface area contributed by atoms with Crippen molar-refractivity contribution in [3.63, 3.8) is 0 Å². The number of benzene rings is 2. The van der Waals surface area contributed by atoms with Crippen LogP contribution in [0, 0.1) is 0 Å². The molecule has 4 aromatic rings. The third-order valence-corrected chi connectivity index (χ3v) is 4.44. The van der Waals surface area contributed by atoms with Crippen LogP contribution >= 0.6 is 0 Å². The molecule has 31 heavy (non-hydrogen) atoms. The van der Waals surface area contributed by atoms with Gasteiger partial charge in [-0.1, -0.05) is 30.3 Å². The van der Waals surface area contributed by atoms with Crippen molar-refractivity contribution in [2.24, 2.45) is 0 Å². The highest BCUT2D eigenvalue weighted by atomic mass is 16.5. The van der Waals surface area contributed by atoms with Gasteiger partial charge in [-0.2, -0.15) is 10.2 Å². The molecule has 0 fully saturated rings. The van der Waals surface area contributed by atoms with Gasteiger partial charge in [0.1, 0.15) is 30.7 Å². The molecular formula is C22H20N6O3. The number of carbonyl (C=O) groups is 1. The Morgan fingerprint density at radius 3 is 2.55 bits per heavy atom. The summed E-state index contributed by atoms with van der Waals surface area (Å²) < 4.78 is 8.53. The van der Waals surface area contributed by atoms with Gasteiger partial charge in [-0.25, -0.2) is 14.3 Å². The van der Waals surface area contributed by atoms with Crippen molar-refractivity contribution in [2.45, 2.75) is 13.1 Å². The Hall–Kier alpha value is -4.27. The minimum Gasteiger partial charge on any atom is -0.492 e. The third-order valence-electron chi connectivity index (χ3n) is 4.44. The molecule has 1 amide bonds. The SMILES string of the molecule is O=C(Nc1ccc(Cn2cncn2)cc1)c1ccc(=O)n(CCOc2ccccc2)n1. The monoisotopic (exact) mass is 416 g/mol. The van der Waals surface area contributed by atoms with E-state index in [0.717, 1.165) is 5.56 Å². The predicted molar refractivity (Wildman–Crippen MR) is 114 cm³/mol. The van der Waals surface area contributed by atoms with Gasteiger partial charge in [0.15, 0.2) is 0 Å². The predicted octanol–water partition coefficient (Wildman–Crippen LogP) is 2.21. The molecule has 4 rings (SSSR count). The highest BCUT2D eigenvalue weighted by Gasteiger charge is 2.10. The van der Waals surface area contributed by atoms with Crippen molar-refractivity contribution >= 4 is 11.6 Å². The molecule has 2 aromatic carbocycles. The van der Waals surface area contributed by atoms with Gasteiger partial charge in [-0.3, -0.25) is 9.59 Å². The first kappa shape index (κ1) is 20.0. The molecule has 0 saturated heterocycles. The molecular weight excluding hydrogens is 396 g/mol. The van der Waals surface area contributed by atoms with Crippen LogP contribution < -0.4 is 15.6 Å². The normalized spacial score (nSPS) is 10.6. The lowest BCUT2D eigenvalue weighted by atomic mass is 10.2. The minimum atomic E-state index is -0.401. The fraction of sp³-hybridized carbons (Fsp3) is 0.136. The van der Waals surface area contributed by atoms with Crippen molar-refractivity contribution in [2.75, 3.05) is 11.9 Å². The zero-order valence-corrected chi connectivity index (χ0v) is 16.6. The molecule has 0 saturated carbocycles. The molecule has 0 radical (unpaired) electrons. The number of para-hydroxylation sites is 1. The molecule has 1 N–H and O–H groups in total. The maximum Gasteiger partial charge on any atom is 0.276 e. The van der Waals surface area contributed by atoms with Crippen LogP contribution in [0.15, 0.2) is 84.2 Å². The molecule has 0 unspecified atom stereocenters. The Morgan fingerprint density at radius 2 is 1.81 bits per heavy atom. The third kappa shape index (κ3) is 5.41. The van der Waals surface area contributed by atoms with Crippen LogP contribution in [0.4, 0.5) is 5.69 Å². The zero-order chi connectivity index (χ0) is 21.5. The number of rotatable bonds is 8. The molecule has 2 aromatic heterocycles. The lowest BCUT2D eigenvalue weighted by Gasteiger charge is -2.09. The van der Waals surface area contributed by atoms with Gasteiger partial charge >= 0.3 is 0 Å². The van der Waals surface area contributed by atoms with Gasteiger partial charge in [-0.05, 0) is 35.9 Å². The summed E-state index contributed by atoms with van der Waals surface area (Å²) in [5.74, 6) is 0.304. The molecule has 0 spiro atoms. The van der Waals surface area contributed by atoms with Crippen molar-refractivity contribution in [3.05, 3.63) is 101 Å². The van der Waals surface area contributed by atoms with Crippen LogP contribution in [-0.4, -0.2) is 37.1 Å². The molecule has 0 atom stereocenters. The van der Waals surface area contributed by atoms with Gasteiger partial charge in [0.05, 0.1) is 13.1 Å². The first-order chi connectivity index (χ1) is 15.2. The standard InChI is InChI=1S/C22H20N6O3/c29-21-11-10-20(26-28(21)12-13-31-19-4-2-1-3-5-19)22(30)25-18-8-6-17(7-9-18)14-27-16-23-15-24-27/h1-11,15-16H,12-14H2,(H,25,30). The second kappa shape index (κ2) is 9.49. The summed E-state index contributed by atoms with van der Waals surface area (Å²) in [6.45, 7) is 1.08. The fourth-order valence-corrected chi connectivity index (χ4v) is 2.89. The van der Waals surface area contributed by atoms with Gasteiger partial charge in [0.25, 0.3) is 11.5 Å². The number of nitrogens with one attached hydrogen (secondary N) is 1. The van der Waals surface area contributed by atoms with Gasteiger partial charge in [0, 0.05) is 11.8 Å². The average molecular weight is 416 g/mol. The maximum absolute atomic E-state index is 12.6. The Bertz CT molecular complexity index is 1190. The topological polar surface area (TPSA) is 104 Å². The molecule has 0 bridgehead atoms. The number of anilines is 1. The Balaban J connectivity index is 1.36. The van der Waals surface area contributed by atoms with E-state index in [0.29, 0.717) is 18.0 Å². The number of hydrogen-bond acceptors (Lipinski definition) is 6. The van der Waals surface area contributed by atoms with E-state index >= 15 is 0 Å². The number of carbonyl (C=O) groups excluding carboxylic acids is 1. The van der Waals surface area contributed by atoms with E-state index < -0.39 is 5.91 Å². The van der Waals surface area contributed by atoms with Gasteiger partial charge < -0.3 is 10.1 Å². The lowest BCUT2D eigenvalue weighted by molar-refractivity contribution is 0.101. The second-order valence-corrected chi connectivity index (χ2v) is 6.69. The number of nitrogens with zero attached hydrogens (tertiary/aromatic N) is 5. The van der Waals surface area contributed by atoms with E-state index in [9.17, 15) is 9.59 Å². The average Bonchev–Trinajstić information content (AvgIpc) is 3.30. The highest BCUT2D eigenvalue weighted by Crippen LogP contribution is 2.12. The van der Waals surface area contributed by atoms with E-state index in [1.54, 1.807) is 23.1 Å². The second-order valence-electron chi connectivity index (χ2n) is 6.69. The van der Waals surface area contributed by atoms with Crippen LogP contribution in [0.25, 0.3) is 0 Å². The first-order valence-corrected chi connectivity index (χ1v) is 9.66. The largest absolute Gasteiger partial charge is 0.492 e. The quantitative estimate of drug-likeness (QED) is 0.472. The fourth-order valence-electron chi connectivity index (χ4n) is 2.89. The summed E-state index contributed by atoms with van der Waals surface area (Å²) in [5, 5.41) is 11.0. The van der Waals surface area contributed by atoms with Crippen LogP contribution in [0.2, 0.25) is 0 Å². The van der Waals surface area contributed by atoms with E-state index in [4.69, 9.17) is 4.74 Å². The van der Waals surface area contributed by atoms with Crippen LogP contribution in [0.1, 0.15) is 16.1 Å². The van der Waals surface area contributed by atoms with Gasteiger partial charge in [0.2, 0.25) is 0 Å². The molecule has 0 aliphatic carbocycles. The van der Waals surface area contributed by atoms with Crippen molar-refractivity contribution < 1.29 is 9.53 Å². The molecule has 0 aliphatic rings. The molecule has 9 heteroatoms. The number of ether oxygens (including phenoxy) is 1.